The molecule has 0 amide bonds. The van der Waals surface area contributed by atoms with Crippen LogP contribution in [-0.4, -0.2) is 29.5 Å². The molecule has 0 saturated carbocycles. The van der Waals surface area contributed by atoms with Crippen LogP contribution in [0.15, 0.2) is 54.7 Å². The Morgan fingerprint density at radius 3 is 2.58 bits per heavy atom. The Kier molecular flexibility index (Phi) is 4.97. The van der Waals surface area contributed by atoms with Crippen LogP contribution in [0.1, 0.15) is 31.5 Å². The summed E-state index contributed by atoms with van der Waals surface area (Å²) < 4.78 is 0. The van der Waals surface area contributed by atoms with Crippen molar-refractivity contribution in [3.05, 3.63) is 66.0 Å². The Labute approximate surface area is 145 Å². The molecule has 0 radical (unpaired) electrons. The molecule has 3 heteroatoms. The number of likely N-dealkylation sites (tertiary alicyclic amines) is 1. The SMILES string of the molecule is CC(C)CN1CCC(C(C#N)(c2ccccc2)c2ccccn2)C1. The van der Waals surface area contributed by atoms with Crippen LogP contribution in [0.3, 0.4) is 0 Å². The lowest BCUT2D eigenvalue weighted by Gasteiger charge is -2.33. The Morgan fingerprint density at radius 1 is 1.21 bits per heavy atom. The first kappa shape index (κ1) is 16.7. The van der Waals surface area contributed by atoms with Gasteiger partial charge in [-0.1, -0.05) is 50.2 Å². The molecule has 2 aromatic rings. The summed E-state index contributed by atoms with van der Waals surface area (Å²) in [6, 6.07) is 18.8. The van der Waals surface area contributed by atoms with Gasteiger partial charge in [-0.2, -0.15) is 5.26 Å². The van der Waals surface area contributed by atoms with E-state index in [9.17, 15) is 5.26 Å². The van der Waals surface area contributed by atoms with E-state index in [4.69, 9.17) is 0 Å². The molecule has 1 fully saturated rings. The van der Waals surface area contributed by atoms with Crippen molar-refractivity contribution >= 4 is 0 Å². The summed E-state index contributed by atoms with van der Waals surface area (Å²) in [4.78, 5) is 7.08. The minimum absolute atomic E-state index is 0.263. The van der Waals surface area contributed by atoms with E-state index in [1.54, 1.807) is 6.20 Å². The number of hydrogen-bond donors (Lipinski definition) is 0. The summed E-state index contributed by atoms with van der Waals surface area (Å²) in [5, 5.41) is 10.3. The quantitative estimate of drug-likeness (QED) is 0.840. The predicted molar refractivity (Wildman–Crippen MR) is 96.5 cm³/mol. The van der Waals surface area contributed by atoms with Crippen molar-refractivity contribution in [3.63, 3.8) is 0 Å². The minimum atomic E-state index is -0.672. The molecule has 24 heavy (non-hydrogen) atoms. The van der Waals surface area contributed by atoms with Crippen LogP contribution < -0.4 is 0 Å². The van der Waals surface area contributed by atoms with Gasteiger partial charge in [0, 0.05) is 25.2 Å². The molecule has 1 aromatic carbocycles. The van der Waals surface area contributed by atoms with E-state index in [-0.39, 0.29) is 5.92 Å². The van der Waals surface area contributed by atoms with Crippen molar-refractivity contribution in [2.75, 3.05) is 19.6 Å². The van der Waals surface area contributed by atoms with Crippen molar-refractivity contribution in [1.29, 1.82) is 5.26 Å². The second-order valence-corrected chi connectivity index (χ2v) is 7.14. The maximum atomic E-state index is 10.3. The standard InChI is InChI=1S/C21H25N3/c1-17(2)14-24-13-11-19(15-24)21(16-22,18-8-4-3-5-9-18)20-10-6-7-12-23-20/h3-10,12,17,19H,11,13-15H2,1-2H3. The average molecular weight is 319 g/mol. The molecule has 3 rings (SSSR count). The summed E-state index contributed by atoms with van der Waals surface area (Å²) >= 11 is 0. The second kappa shape index (κ2) is 7.15. The topological polar surface area (TPSA) is 39.9 Å². The van der Waals surface area contributed by atoms with Crippen LogP contribution in [-0.2, 0) is 5.41 Å². The second-order valence-electron chi connectivity index (χ2n) is 7.14. The van der Waals surface area contributed by atoms with Gasteiger partial charge < -0.3 is 4.90 Å². The number of rotatable bonds is 5. The van der Waals surface area contributed by atoms with Gasteiger partial charge in [-0.15, -0.1) is 0 Å². The Bertz CT molecular complexity index is 649. The third-order valence-corrected chi connectivity index (χ3v) is 4.98. The third kappa shape index (κ3) is 3.07. The number of hydrogen-bond acceptors (Lipinski definition) is 3. The highest BCUT2D eigenvalue weighted by Gasteiger charge is 2.46. The molecule has 2 unspecified atom stereocenters. The molecule has 2 heterocycles. The third-order valence-electron chi connectivity index (χ3n) is 4.98. The number of pyridine rings is 1. The van der Waals surface area contributed by atoms with Gasteiger partial charge in [0.05, 0.1) is 11.8 Å². The molecule has 0 spiro atoms. The Morgan fingerprint density at radius 2 is 1.96 bits per heavy atom. The first-order valence-corrected chi connectivity index (χ1v) is 8.77. The minimum Gasteiger partial charge on any atom is -0.303 e. The molecule has 1 saturated heterocycles. The largest absolute Gasteiger partial charge is 0.303 e. The van der Waals surface area contributed by atoms with Crippen molar-refractivity contribution in [1.82, 2.24) is 9.88 Å². The summed E-state index contributed by atoms with van der Waals surface area (Å²) in [6.07, 6.45) is 2.83. The number of aromatic nitrogens is 1. The van der Waals surface area contributed by atoms with Crippen LogP contribution in [0, 0.1) is 23.2 Å². The van der Waals surface area contributed by atoms with Gasteiger partial charge in [-0.25, -0.2) is 0 Å². The van der Waals surface area contributed by atoms with Gasteiger partial charge in [0.1, 0.15) is 5.41 Å². The highest BCUT2D eigenvalue weighted by atomic mass is 15.1. The van der Waals surface area contributed by atoms with Crippen LogP contribution >= 0.6 is 0 Å². The smallest absolute Gasteiger partial charge is 0.128 e. The predicted octanol–water partition coefficient (Wildman–Crippen LogP) is 3.87. The molecule has 1 aliphatic rings. The van der Waals surface area contributed by atoms with Gasteiger partial charge in [-0.3, -0.25) is 4.98 Å². The van der Waals surface area contributed by atoms with Gasteiger partial charge in [-0.05, 0) is 36.6 Å². The van der Waals surface area contributed by atoms with Crippen LogP contribution in [0.2, 0.25) is 0 Å². The monoisotopic (exact) mass is 319 g/mol. The fourth-order valence-electron chi connectivity index (χ4n) is 3.97. The molecule has 1 aliphatic heterocycles. The normalized spacial score (nSPS) is 20.7. The van der Waals surface area contributed by atoms with Crippen molar-refractivity contribution in [2.45, 2.75) is 25.7 Å². The van der Waals surface area contributed by atoms with Gasteiger partial charge in [0.2, 0.25) is 0 Å². The van der Waals surface area contributed by atoms with E-state index < -0.39 is 5.41 Å². The van der Waals surface area contributed by atoms with E-state index in [1.165, 1.54) is 0 Å². The van der Waals surface area contributed by atoms with Crippen molar-refractivity contribution in [2.24, 2.45) is 11.8 Å². The van der Waals surface area contributed by atoms with E-state index >= 15 is 0 Å². The van der Waals surface area contributed by atoms with E-state index in [0.717, 1.165) is 37.3 Å². The van der Waals surface area contributed by atoms with E-state index in [2.05, 4.69) is 41.9 Å². The molecule has 1 aromatic heterocycles. The van der Waals surface area contributed by atoms with Gasteiger partial charge in [0.25, 0.3) is 0 Å². The lowest BCUT2D eigenvalue weighted by atomic mass is 9.68. The summed E-state index contributed by atoms with van der Waals surface area (Å²) in [6.45, 7) is 7.61. The fraction of sp³-hybridized carbons (Fsp3) is 0.429. The first-order valence-electron chi connectivity index (χ1n) is 8.77. The first-order chi connectivity index (χ1) is 11.7. The molecule has 3 nitrogen and oxygen atoms in total. The summed E-state index contributed by atoms with van der Waals surface area (Å²) in [5.74, 6) is 0.908. The molecular formula is C21H25N3. The average Bonchev–Trinajstić information content (AvgIpc) is 3.06. The maximum Gasteiger partial charge on any atom is 0.128 e. The molecule has 2 atom stereocenters. The lowest BCUT2D eigenvalue weighted by Crippen LogP contribution is -2.38. The van der Waals surface area contributed by atoms with Crippen molar-refractivity contribution in [3.8, 4) is 6.07 Å². The zero-order valence-corrected chi connectivity index (χ0v) is 14.5. The van der Waals surface area contributed by atoms with Gasteiger partial charge >= 0.3 is 0 Å². The van der Waals surface area contributed by atoms with Crippen LogP contribution in [0.5, 0.6) is 0 Å². The number of nitrogens with zero attached hydrogens (tertiary/aromatic N) is 3. The highest BCUT2D eigenvalue weighted by molar-refractivity contribution is 5.44. The zero-order chi connectivity index (χ0) is 17.0. The summed E-state index contributed by atoms with van der Waals surface area (Å²) in [7, 11) is 0. The molecule has 0 aliphatic carbocycles. The Balaban J connectivity index is 2.02. The molecule has 0 bridgehead atoms. The van der Waals surface area contributed by atoms with E-state index in [1.807, 2.05) is 36.4 Å². The molecule has 0 N–H and O–H groups in total. The molecular weight excluding hydrogens is 294 g/mol. The van der Waals surface area contributed by atoms with E-state index in [0.29, 0.717) is 5.92 Å². The highest BCUT2D eigenvalue weighted by Crippen LogP contribution is 2.42. The van der Waals surface area contributed by atoms with Crippen LogP contribution in [0.25, 0.3) is 0 Å². The Hall–Kier alpha value is -2.18. The fourth-order valence-corrected chi connectivity index (χ4v) is 3.97. The van der Waals surface area contributed by atoms with Gasteiger partial charge in [0.15, 0.2) is 0 Å². The number of nitriles is 1. The maximum absolute atomic E-state index is 10.3. The molecule has 124 valence electrons. The number of benzene rings is 1. The zero-order valence-electron chi connectivity index (χ0n) is 14.5. The van der Waals surface area contributed by atoms with Crippen LogP contribution in [0.4, 0.5) is 0 Å². The van der Waals surface area contributed by atoms with Crippen molar-refractivity contribution < 1.29 is 0 Å². The lowest BCUT2D eigenvalue weighted by molar-refractivity contribution is 0.273. The summed E-state index contributed by atoms with van der Waals surface area (Å²) in [5.41, 5.74) is 1.26.